The molecule has 4 aromatic rings. The standard InChI is InChI=1S/C22H20N4O3/c1-14-10-16-9-8-15(11-18(16)24-20(14)23)12-26-19(13-29-22(26)28)21(27)25(2)17-6-4-3-5-7-17/h3-11,13H,12H2,1-2H3,(H2,23,24). The van der Waals surface area contributed by atoms with E-state index in [1.54, 1.807) is 7.05 Å². The number of benzene rings is 2. The number of oxazole rings is 1. The summed E-state index contributed by atoms with van der Waals surface area (Å²) in [6, 6.07) is 16.9. The maximum Gasteiger partial charge on any atom is 0.419 e. The summed E-state index contributed by atoms with van der Waals surface area (Å²) in [5.41, 5.74) is 9.27. The van der Waals surface area contributed by atoms with Crippen molar-refractivity contribution in [1.29, 1.82) is 0 Å². The fourth-order valence-corrected chi connectivity index (χ4v) is 3.20. The zero-order valence-electron chi connectivity index (χ0n) is 16.1. The van der Waals surface area contributed by atoms with E-state index in [2.05, 4.69) is 4.98 Å². The highest BCUT2D eigenvalue weighted by molar-refractivity contribution is 6.04. The van der Waals surface area contributed by atoms with Crippen molar-refractivity contribution in [3.8, 4) is 0 Å². The molecule has 29 heavy (non-hydrogen) atoms. The van der Waals surface area contributed by atoms with Gasteiger partial charge in [0.05, 0.1) is 12.1 Å². The number of aryl methyl sites for hydroxylation is 1. The monoisotopic (exact) mass is 388 g/mol. The van der Waals surface area contributed by atoms with Crippen LogP contribution in [0.3, 0.4) is 0 Å². The Labute approximate surface area is 167 Å². The maximum atomic E-state index is 12.9. The van der Waals surface area contributed by atoms with Crippen LogP contribution in [-0.4, -0.2) is 22.5 Å². The number of rotatable bonds is 4. The molecule has 146 valence electrons. The topological polar surface area (TPSA) is 94.4 Å². The van der Waals surface area contributed by atoms with Crippen molar-refractivity contribution in [2.45, 2.75) is 13.5 Å². The number of amides is 1. The van der Waals surface area contributed by atoms with Gasteiger partial charge in [0, 0.05) is 18.1 Å². The lowest BCUT2D eigenvalue weighted by Gasteiger charge is -2.17. The van der Waals surface area contributed by atoms with Gasteiger partial charge < -0.3 is 15.1 Å². The summed E-state index contributed by atoms with van der Waals surface area (Å²) >= 11 is 0. The lowest BCUT2D eigenvalue weighted by molar-refractivity contribution is 0.0984. The zero-order chi connectivity index (χ0) is 20.5. The number of hydrogen-bond donors (Lipinski definition) is 1. The van der Waals surface area contributed by atoms with Crippen LogP contribution in [0.15, 0.2) is 70.1 Å². The first-order valence-corrected chi connectivity index (χ1v) is 9.11. The second kappa shape index (κ2) is 7.27. The number of para-hydroxylation sites is 1. The quantitative estimate of drug-likeness (QED) is 0.579. The number of anilines is 2. The second-order valence-electron chi connectivity index (χ2n) is 6.89. The molecule has 0 aliphatic heterocycles. The van der Waals surface area contributed by atoms with Gasteiger partial charge in [0.25, 0.3) is 5.91 Å². The van der Waals surface area contributed by atoms with Crippen molar-refractivity contribution < 1.29 is 9.21 Å². The van der Waals surface area contributed by atoms with Crippen LogP contribution in [0, 0.1) is 6.92 Å². The molecule has 0 aliphatic carbocycles. The summed E-state index contributed by atoms with van der Waals surface area (Å²) in [6.45, 7) is 2.09. The van der Waals surface area contributed by atoms with Gasteiger partial charge >= 0.3 is 5.76 Å². The molecule has 0 unspecified atom stereocenters. The predicted octanol–water partition coefficient (Wildman–Crippen LogP) is 3.21. The molecule has 0 saturated heterocycles. The molecule has 0 aliphatic rings. The van der Waals surface area contributed by atoms with Gasteiger partial charge in [-0.2, -0.15) is 0 Å². The van der Waals surface area contributed by atoms with Gasteiger partial charge in [0.1, 0.15) is 17.8 Å². The molecule has 0 radical (unpaired) electrons. The molecular formula is C22H20N4O3. The van der Waals surface area contributed by atoms with E-state index in [0.29, 0.717) is 5.82 Å². The molecule has 0 fully saturated rings. The zero-order valence-corrected chi connectivity index (χ0v) is 16.1. The highest BCUT2D eigenvalue weighted by Gasteiger charge is 2.21. The molecular weight excluding hydrogens is 368 g/mol. The van der Waals surface area contributed by atoms with Gasteiger partial charge in [-0.1, -0.05) is 30.3 Å². The number of nitrogens with two attached hydrogens (primary N) is 1. The number of fused-ring (bicyclic) bond motifs is 1. The van der Waals surface area contributed by atoms with Crippen molar-refractivity contribution >= 4 is 28.3 Å². The normalized spacial score (nSPS) is 11.0. The largest absolute Gasteiger partial charge is 0.419 e. The molecule has 1 amide bonds. The van der Waals surface area contributed by atoms with Gasteiger partial charge in [-0.3, -0.25) is 9.36 Å². The highest BCUT2D eigenvalue weighted by Crippen LogP contribution is 2.20. The fraction of sp³-hybridized carbons (Fsp3) is 0.136. The molecule has 0 spiro atoms. The SMILES string of the molecule is Cc1cc2ccc(Cn3c(C(=O)N(C)c4ccccc4)coc3=O)cc2nc1N. The molecule has 0 bridgehead atoms. The van der Waals surface area contributed by atoms with Crippen LogP contribution >= 0.6 is 0 Å². The molecule has 7 heteroatoms. The van der Waals surface area contributed by atoms with Crippen LogP contribution in [0.2, 0.25) is 0 Å². The van der Waals surface area contributed by atoms with Crippen molar-refractivity contribution in [2.24, 2.45) is 0 Å². The first-order valence-electron chi connectivity index (χ1n) is 9.11. The van der Waals surface area contributed by atoms with Gasteiger partial charge in [-0.25, -0.2) is 9.78 Å². The number of pyridine rings is 1. The minimum absolute atomic E-state index is 0.179. The Morgan fingerprint density at radius 1 is 1.17 bits per heavy atom. The second-order valence-corrected chi connectivity index (χ2v) is 6.89. The Hall–Kier alpha value is -3.87. The Balaban J connectivity index is 1.67. The van der Waals surface area contributed by atoms with E-state index in [1.807, 2.05) is 61.5 Å². The highest BCUT2D eigenvalue weighted by atomic mass is 16.4. The van der Waals surface area contributed by atoms with Gasteiger partial charge in [0.15, 0.2) is 0 Å². The third-order valence-corrected chi connectivity index (χ3v) is 4.90. The third-order valence-electron chi connectivity index (χ3n) is 4.90. The van der Waals surface area contributed by atoms with Crippen molar-refractivity contribution in [2.75, 3.05) is 17.7 Å². The first-order chi connectivity index (χ1) is 13.9. The number of nitrogens with zero attached hydrogens (tertiary/aromatic N) is 3. The van der Waals surface area contributed by atoms with E-state index >= 15 is 0 Å². The summed E-state index contributed by atoms with van der Waals surface area (Å²) < 4.78 is 6.34. The van der Waals surface area contributed by atoms with Gasteiger partial charge in [-0.15, -0.1) is 0 Å². The smallest absolute Gasteiger partial charge is 0.415 e. The lowest BCUT2D eigenvalue weighted by Crippen LogP contribution is -2.30. The Kier molecular flexibility index (Phi) is 4.64. The number of hydrogen-bond acceptors (Lipinski definition) is 5. The van der Waals surface area contributed by atoms with Crippen LogP contribution in [-0.2, 0) is 6.54 Å². The Morgan fingerprint density at radius 2 is 1.93 bits per heavy atom. The van der Waals surface area contributed by atoms with E-state index in [-0.39, 0.29) is 18.1 Å². The van der Waals surface area contributed by atoms with E-state index in [1.165, 1.54) is 15.7 Å². The number of carbonyl (C=O) groups is 1. The summed E-state index contributed by atoms with van der Waals surface area (Å²) in [5, 5.41) is 0.958. The molecule has 2 aromatic heterocycles. The molecule has 4 rings (SSSR count). The molecule has 2 heterocycles. The van der Waals surface area contributed by atoms with E-state index in [0.717, 1.165) is 27.7 Å². The number of carbonyl (C=O) groups excluding carboxylic acids is 1. The molecule has 2 N–H and O–H groups in total. The van der Waals surface area contributed by atoms with E-state index in [9.17, 15) is 9.59 Å². The first kappa shape index (κ1) is 18.5. The number of nitrogen functional groups attached to an aromatic ring is 1. The van der Waals surface area contributed by atoms with Crippen molar-refractivity contribution in [3.05, 3.63) is 88.2 Å². The summed E-state index contributed by atoms with van der Waals surface area (Å²) in [4.78, 5) is 31.1. The summed E-state index contributed by atoms with van der Waals surface area (Å²) in [5.74, 6) is -0.456. The van der Waals surface area contributed by atoms with Crippen LogP contribution in [0.25, 0.3) is 10.9 Å². The molecule has 2 aromatic carbocycles. The van der Waals surface area contributed by atoms with Crippen LogP contribution in [0.4, 0.5) is 11.5 Å². The maximum absolute atomic E-state index is 12.9. The number of aromatic nitrogens is 2. The molecule has 0 atom stereocenters. The molecule has 7 nitrogen and oxygen atoms in total. The average molecular weight is 388 g/mol. The Bertz CT molecular complexity index is 1260. The van der Waals surface area contributed by atoms with Gasteiger partial charge in [0.2, 0.25) is 0 Å². The molecule has 0 saturated carbocycles. The minimum Gasteiger partial charge on any atom is -0.415 e. The van der Waals surface area contributed by atoms with Gasteiger partial charge in [-0.05, 0) is 42.3 Å². The van der Waals surface area contributed by atoms with Crippen LogP contribution < -0.4 is 16.4 Å². The summed E-state index contributed by atoms with van der Waals surface area (Å²) in [6.07, 6.45) is 1.20. The summed E-state index contributed by atoms with van der Waals surface area (Å²) in [7, 11) is 1.66. The third kappa shape index (κ3) is 3.50. The van der Waals surface area contributed by atoms with E-state index in [4.69, 9.17) is 10.2 Å². The Morgan fingerprint density at radius 3 is 2.69 bits per heavy atom. The predicted molar refractivity (Wildman–Crippen MR) is 112 cm³/mol. The average Bonchev–Trinajstić information content (AvgIpc) is 3.09. The van der Waals surface area contributed by atoms with Crippen LogP contribution in [0.5, 0.6) is 0 Å². The fourth-order valence-electron chi connectivity index (χ4n) is 3.20. The minimum atomic E-state index is -0.591. The van der Waals surface area contributed by atoms with Crippen molar-refractivity contribution in [1.82, 2.24) is 9.55 Å². The van der Waals surface area contributed by atoms with E-state index < -0.39 is 5.76 Å². The van der Waals surface area contributed by atoms with Crippen molar-refractivity contribution in [3.63, 3.8) is 0 Å². The van der Waals surface area contributed by atoms with Crippen LogP contribution in [0.1, 0.15) is 21.6 Å². The lowest BCUT2D eigenvalue weighted by atomic mass is 10.1.